The van der Waals surface area contributed by atoms with Gasteiger partial charge in [0.2, 0.25) is 5.88 Å². The van der Waals surface area contributed by atoms with Crippen molar-refractivity contribution in [1.82, 2.24) is 0 Å². The van der Waals surface area contributed by atoms with Gasteiger partial charge in [-0.25, -0.2) is 9.38 Å². The third kappa shape index (κ3) is 4.55. The normalized spacial score (nSPS) is 11.1. The standard InChI is InChI=1S/C30H21FN2O2/c1-19-3-7-22(8-4-19)28-26(17-32)30(35-29(28)23-9-5-20(2)6-10-23)33-18-25-15-16-27(34-25)21-11-13-24(31)14-12-21/h3-16,18H,1-2H3. The molecule has 0 spiro atoms. The lowest BCUT2D eigenvalue weighted by Gasteiger charge is -2.05. The van der Waals surface area contributed by atoms with Crippen molar-refractivity contribution in [3.05, 3.63) is 113 Å². The highest BCUT2D eigenvalue weighted by molar-refractivity contribution is 5.89. The summed E-state index contributed by atoms with van der Waals surface area (Å²) in [5.74, 6) is 1.56. The third-order valence-electron chi connectivity index (χ3n) is 5.72. The van der Waals surface area contributed by atoms with Crippen LogP contribution < -0.4 is 0 Å². The van der Waals surface area contributed by atoms with Crippen LogP contribution in [0, 0.1) is 31.0 Å². The third-order valence-corrected chi connectivity index (χ3v) is 5.72. The summed E-state index contributed by atoms with van der Waals surface area (Å²) in [4.78, 5) is 4.47. The average Bonchev–Trinajstić information content (AvgIpc) is 3.49. The number of hydrogen-bond acceptors (Lipinski definition) is 4. The Kier molecular flexibility index (Phi) is 5.87. The molecule has 3 aromatic carbocycles. The summed E-state index contributed by atoms with van der Waals surface area (Å²) in [7, 11) is 0. The van der Waals surface area contributed by atoms with Crippen molar-refractivity contribution in [3.8, 4) is 39.8 Å². The van der Waals surface area contributed by atoms with Gasteiger partial charge in [-0.15, -0.1) is 0 Å². The molecule has 2 heterocycles. The molecule has 0 N–H and O–H groups in total. The molecule has 0 bridgehead atoms. The van der Waals surface area contributed by atoms with Crippen LogP contribution >= 0.6 is 0 Å². The molecule has 0 saturated carbocycles. The molecule has 170 valence electrons. The number of benzene rings is 3. The van der Waals surface area contributed by atoms with Crippen molar-refractivity contribution in [3.63, 3.8) is 0 Å². The molecule has 0 saturated heterocycles. The van der Waals surface area contributed by atoms with Crippen LogP contribution in [0.5, 0.6) is 0 Å². The Balaban J connectivity index is 1.56. The molecular formula is C30H21FN2O2. The Labute approximate surface area is 202 Å². The van der Waals surface area contributed by atoms with Gasteiger partial charge in [-0.05, 0) is 55.8 Å². The largest absolute Gasteiger partial charge is 0.455 e. The van der Waals surface area contributed by atoms with E-state index in [1.165, 1.54) is 18.3 Å². The highest BCUT2D eigenvalue weighted by atomic mass is 19.1. The molecule has 4 nitrogen and oxygen atoms in total. The first kappa shape index (κ1) is 22.1. The Bertz CT molecular complexity index is 1550. The SMILES string of the molecule is Cc1ccc(-c2oc(N=Cc3ccc(-c4ccc(F)cc4)o3)c(C#N)c2-c2ccc(C)cc2)cc1. The maximum Gasteiger partial charge on any atom is 0.238 e. The molecule has 0 radical (unpaired) electrons. The first-order valence-electron chi connectivity index (χ1n) is 11.1. The molecule has 0 aliphatic heterocycles. The number of hydrogen-bond donors (Lipinski definition) is 0. The van der Waals surface area contributed by atoms with Gasteiger partial charge in [0.05, 0.1) is 6.21 Å². The first-order chi connectivity index (χ1) is 17.0. The van der Waals surface area contributed by atoms with Gasteiger partial charge >= 0.3 is 0 Å². The molecule has 0 amide bonds. The zero-order chi connectivity index (χ0) is 24.4. The maximum atomic E-state index is 13.2. The van der Waals surface area contributed by atoms with Crippen LogP contribution in [0.4, 0.5) is 10.3 Å². The van der Waals surface area contributed by atoms with Gasteiger partial charge in [-0.3, -0.25) is 0 Å². The van der Waals surface area contributed by atoms with Crippen LogP contribution in [0.1, 0.15) is 22.5 Å². The number of aryl methyl sites for hydroxylation is 2. The smallest absolute Gasteiger partial charge is 0.238 e. The van der Waals surface area contributed by atoms with Gasteiger partial charge in [0.25, 0.3) is 0 Å². The minimum atomic E-state index is -0.308. The summed E-state index contributed by atoms with van der Waals surface area (Å²) in [6.45, 7) is 4.04. The predicted octanol–water partition coefficient (Wildman–Crippen LogP) is 8.25. The number of nitrogens with zero attached hydrogens (tertiary/aromatic N) is 2. The molecule has 0 aliphatic rings. The predicted molar refractivity (Wildman–Crippen MR) is 135 cm³/mol. The van der Waals surface area contributed by atoms with Crippen molar-refractivity contribution in [2.45, 2.75) is 13.8 Å². The second kappa shape index (κ2) is 9.28. The molecule has 0 fully saturated rings. The van der Waals surface area contributed by atoms with E-state index in [0.29, 0.717) is 28.4 Å². The van der Waals surface area contributed by atoms with Crippen LogP contribution in [-0.4, -0.2) is 6.21 Å². The molecule has 5 aromatic rings. The number of halogens is 1. The number of nitriles is 1. The van der Waals surface area contributed by atoms with Crippen LogP contribution in [0.2, 0.25) is 0 Å². The minimum absolute atomic E-state index is 0.207. The lowest BCUT2D eigenvalue weighted by molar-refractivity contribution is 0.572. The van der Waals surface area contributed by atoms with E-state index in [4.69, 9.17) is 8.83 Å². The van der Waals surface area contributed by atoms with Gasteiger partial charge in [0.1, 0.15) is 34.7 Å². The van der Waals surface area contributed by atoms with Crippen LogP contribution in [0.3, 0.4) is 0 Å². The monoisotopic (exact) mass is 460 g/mol. The molecule has 0 unspecified atom stereocenters. The first-order valence-corrected chi connectivity index (χ1v) is 11.1. The Morgan fingerprint density at radius 3 is 1.97 bits per heavy atom. The van der Waals surface area contributed by atoms with Crippen molar-refractivity contribution in [2.75, 3.05) is 0 Å². The quantitative estimate of drug-likeness (QED) is 0.248. The summed E-state index contributed by atoms with van der Waals surface area (Å²) in [6.07, 6.45) is 1.52. The van der Waals surface area contributed by atoms with E-state index in [2.05, 4.69) is 11.1 Å². The van der Waals surface area contributed by atoms with E-state index in [0.717, 1.165) is 27.8 Å². The molecular weight excluding hydrogens is 439 g/mol. The summed E-state index contributed by atoms with van der Waals surface area (Å²) >= 11 is 0. The number of aliphatic imine (C=N–C) groups is 1. The fourth-order valence-electron chi connectivity index (χ4n) is 3.83. The van der Waals surface area contributed by atoms with E-state index in [1.807, 2.05) is 62.4 Å². The Morgan fingerprint density at radius 2 is 1.34 bits per heavy atom. The summed E-state index contributed by atoms with van der Waals surface area (Å²) in [6, 6.07) is 27.8. The van der Waals surface area contributed by atoms with E-state index >= 15 is 0 Å². The average molecular weight is 461 g/mol. The summed E-state index contributed by atoms with van der Waals surface area (Å²) in [5.41, 5.74) is 5.81. The van der Waals surface area contributed by atoms with Gasteiger partial charge < -0.3 is 8.83 Å². The molecule has 5 rings (SSSR count). The molecule has 0 aliphatic carbocycles. The zero-order valence-corrected chi connectivity index (χ0v) is 19.2. The second-order valence-corrected chi connectivity index (χ2v) is 8.30. The number of rotatable bonds is 5. The zero-order valence-electron chi connectivity index (χ0n) is 19.2. The molecule has 2 aromatic heterocycles. The van der Waals surface area contributed by atoms with Crippen molar-refractivity contribution in [2.24, 2.45) is 4.99 Å². The second-order valence-electron chi connectivity index (χ2n) is 8.30. The highest BCUT2D eigenvalue weighted by Crippen LogP contribution is 2.42. The maximum absolute atomic E-state index is 13.2. The van der Waals surface area contributed by atoms with E-state index in [9.17, 15) is 9.65 Å². The Hall–Kier alpha value is -4.69. The fourth-order valence-corrected chi connectivity index (χ4v) is 3.83. The summed E-state index contributed by atoms with van der Waals surface area (Å²) < 4.78 is 25.2. The van der Waals surface area contributed by atoms with Crippen molar-refractivity contribution >= 4 is 12.1 Å². The number of furan rings is 2. The molecule has 0 atom stereocenters. The van der Waals surface area contributed by atoms with E-state index in [1.54, 1.807) is 24.3 Å². The van der Waals surface area contributed by atoms with Gasteiger partial charge in [-0.1, -0.05) is 59.7 Å². The molecule has 35 heavy (non-hydrogen) atoms. The molecule has 5 heteroatoms. The van der Waals surface area contributed by atoms with Gasteiger partial charge in [0, 0.05) is 16.7 Å². The lowest BCUT2D eigenvalue weighted by atomic mass is 9.97. The summed E-state index contributed by atoms with van der Waals surface area (Å²) in [5, 5.41) is 10.1. The van der Waals surface area contributed by atoms with Gasteiger partial charge in [-0.2, -0.15) is 5.26 Å². The Morgan fingerprint density at radius 1 is 0.743 bits per heavy atom. The van der Waals surface area contributed by atoms with Crippen LogP contribution in [-0.2, 0) is 0 Å². The van der Waals surface area contributed by atoms with E-state index in [-0.39, 0.29) is 11.7 Å². The lowest BCUT2D eigenvalue weighted by Crippen LogP contribution is -1.85. The highest BCUT2D eigenvalue weighted by Gasteiger charge is 2.23. The van der Waals surface area contributed by atoms with Crippen molar-refractivity contribution < 1.29 is 13.2 Å². The minimum Gasteiger partial charge on any atom is -0.455 e. The van der Waals surface area contributed by atoms with Crippen LogP contribution in [0.25, 0.3) is 33.8 Å². The fraction of sp³-hybridized carbons (Fsp3) is 0.0667. The van der Waals surface area contributed by atoms with Crippen LogP contribution in [0.15, 0.2) is 98.8 Å². The van der Waals surface area contributed by atoms with E-state index < -0.39 is 0 Å². The van der Waals surface area contributed by atoms with Crippen molar-refractivity contribution in [1.29, 1.82) is 5.26 Å². The topological polar surface area (TPSA) is 62.4 Å². The van der Waals surface area contributed by atoms with Gasteiger partial charge in [0.15, 0.2) is 0 Å².